The summed E-state index contributed by atoms with van der Waals surface area (Å²) in [7, 11) is 0. The number of nitrogens with zero attached hydrogens (tertiary/aromatic N) is 3. The van der Waals surface area contributed by atoms with Crippen molar-refractivity contribution in [2.24, 2.45) is 0 Å². The maximum Gasteiger partial charge on any atom is 0.0702 e. The lowest BCUT2D eigenvalue weighted by Gasteiger charge is -2.22. The predicted molar refractivity (Wildman–Crippen MR) is 98.5 cm³/mol. The van der Waals surface area contributed by atoms with Gasteiger partial charge in [0.2, 0.25) is 0 Å². The summed E-state index contributed by atoms with van der Waals surface area (Å²) in [5, 5.41) is 15.9. The van der Waals surface area contributed by atoms with Crippen molar-refractivity contribution in [2.75, 3.05) is 11.6 Å². The van der Waals surface area contributed by atoms with Gasteiger partial charge in [-0.3, -0.25) is 0 Å². The van der Waals surface area contributed by atoms with Gasteiger partial charge in [-0.1, -0.05) is 30.3 Å². The van der Waals surface area contributed by atoms with Crippen LogP contribution in [0.2, 0.25) is 0 Å². The van der Waals surface area contributed by atoms with Crippen molar-refractivity contribution in [1.29, 1.82) is 0 Å². The molecule has 0 bridgehead atoms. The van der Waals surface area contributed by atoms with Gasteiger partial charge in [0.05, 0.1) is 18.0 Å². The molecule has 4 rings (SSSR count). The maximum atomic E-state index is 9.52. The Hall–Kier alpha value is -2.63. The summed E-state index contributed by atoms with van der Waals surface area (Å²) in [5.74, 6) is 0. The highest BCUT2D eigenvalue weighted by molar-refractivity contribution is 5.53. The molecule has 2 N–H and O–H groups in total. The van der Waals surface area contributed by atoms with E-state index in [-0.39, 0.29) is 6.61 Å². The summed E-state index contributed by atoms with van der Waals surface area (Å²) in [6.45, 7) is 1.01. The SMILES string of the molecule is OCc1ccccc1N1CCC(Cc2ccc(-n3cccn3)cc2)N1. The normalized spacial score (nSPS) is 17.2. The molecular weight excluding hydrogens is 312 g/mol. The van der Waals surface area contributed by atoms with E-state index in [0.717, 1.165) is 36.3 Å². The largest absolute Gasteiger partial charge is 0.392 e. The molecule has 5 heteroatoms. The average Bonchev–Trinajstić information content (AvgIpc) is 3.34. The van der Waals surface area contributed by atoms with Crippen molar-refractivity contribution in [3.63, 3.8) is 0 Å². The van der Waals surface area contributed by atoms with Gasteiger partial charge in [-0.15, -0.1) is 0 Å². The number of rotatable bonds is 5. The highest BCUT2D eigenvalue weighted by atomic mass is 16.3. The standard InChI is InChI=1S/C20H22N4O/c25-15-17-4-1-2-5-20(17)24-13-10-18(22-24)14-16-6-8-19(9-7-16)23-12-3-11-21-23/h1-9,11-12,18,22,25H,10,13-15H2. The summed E-state index contributed by atoms with van der Waals surface area (Å²) in [4.78, 5) is 0. The molecule has 1 saturated heterocycles. The van der Waals surface area contributed by atoms with Gasteiger partial charge in [0.15, 0.2) is 0 Å². The van der Waals surface area contributed by atoms with Gasteiger partial charge in [0.25, 0.3) is 0 Å². The van der Waals surface area contributed by atoms with E-state index < -0.39 is 0 Å². The molecule has 0 radical (unpaired) electrons. The molecule has 1 aliphatic rings. The van der Waals surface area contributed by atoms with Gasteiger partial charge < -0.3 is 10.1 Å². The van der Waals surface area contributed by atoms with Crippen LogP contribution in [0.1, 0.15) is 17.5 Å². The van der Waals surface area contributed by atoms with E-state index in [2.05, 4.69) is 45.9 Å². The Balaban J connectivity index is 1.41. The minimum absolute atomic E-state index is 0.0634. The van der Waals surface area contributed by atoms with Crippen LogP contribution in [-0.2, 0) is 13.0 Å². The first-order valence-electron chi connectivity index (χ1n) is 8.65. The van der Waals surface area contributed by atoms with E-state index in [1.54, 1.807) is 6.20 Å². The Bertz CT molecular complexity index is 814. The number of hydrazine groups is 1. The number of para-hydroxylation sites is 1. The van der Waals surface area contributed by atoms with Crippen LogP contribution in [0.5, 0.6) is 0 Å². The Morgan fingerprint density at radius 3 is 2.68 bits per heavy atom. The maximum absolute atomic E-state index is 9.52. The van der Waals surface area contributed by atoms with Crippen LogP contribution >= 0.6 is 0 Å². The zero-order chi connectivity index (χ0) is 17.1. The van der Waals surface area contributed by atoms with Gasteiger partial charge in [0, 0.05) is 30.5 Å². The summed E-state index contributed by atoms with van der Waals surface area (Å²) in [6, 6.07) is 18.9. The van der Waals surface area contributed by atoms with Crippen LogP contribution in [0.25, 0.3) is 5.69 Å². The van der Waals surface area contributed by atoms with E-state index in [1.807, 2.05) is 35.1 Å². The topological polar surface area (TPSA) is 53.3 Å². The zero-order valence-electron chi connectivity index (χ0n) is 14.0. The molecule has 0 spiro atoms. The van der Waals surface area contributed by atoms with Crippen molar-refractivity contribution in [1.82, 2.24) is 15.2 Å². The highest BCUT2D eigenvalue weighted by Crippen LogP contribution is 2.24. The molecule has 1 unspecified atom stereocenters. The summed E-state index contributed by atoms with van der Waals surface area (Å²) >= 11 is 0. The Morgan fingerprint density at radius 2 is 1.92 bits per heavy atom. The van der Waals surface area contributed by atoms with Crippen molar-refractivity contribution >= 4 is 5.69 Å². The fourth-order valence-electron chi connectivity index (χ4n) is 3.37. The Labute approximate surface area is 147 Å². The zero-order valence-corrected chi connectivity index (χ0v) is 14.0. The Morgan fingerprint density at radius 1 is 1.08 bits per heavy atom. The second-order valence-electron chi connectivity index (χ2n) is 6.37. The molecule has 0 aliphatic carbocycles. The number of anilines is 1. The minimum atomic E-state index is 0.0634. The molecule has 1 atom stereocenters. The van der Waals surface area contributed by atoms with Crippen molar-refractivity contribution in [3.05, 3.63) is 78.1 Å². The number of aliphatic hydroxyl groups excluding tert-OH is 1. The predicted octanol–water partition coefficient (Wildman–Crippen LogP) is 2.69. The fourth-order valence-corrected chi connectivity index (χ4v) is 3.37. The lowest BCUT2D eigenvalue weighted by atomic mass is 10.0. The third kappa shape index (κ3) is 3.43. The van der Waals surface area contributed by atoms with Gasteiger partial charge in [-0.2, -0.15) is 5.10 Å². The minimum Gasteiger partial charge on any atom is -0.392 e. The van der Waals surface area contributed by atoms with Crippen LogP contribution in [0, 0.1) is 0 Å². The van der Waals surface area contributed by atoms with Crippen molar-refractivity contribution in [2.45, 2.75) is 25.5 Å². The number of aliphatic hydroxyl groups is 1. The van der Waals surface area contributed by atoms with Crippen LogP contribution in [0.15, 0.2) is 67.0 Å². The molecule has 25 heavy (non-hydrogen) atoms. The molecule has 5 nitrogen and oxygen atoms in total. The smallest absolute Gasteiger partial charge is 0.0702 e. The lowest BCUT2D eigenvalue weighted by Crippen LogP contribution is -2.37. The van der Waals surface area contributed by atoms with E-state index in [1.165, 1.54) is 5.56 Å². The van der Waals surface area contributed by atoms with E-state index in [0.29, 0.717) is 6.04 Å². The van der Waals surface area contributed by atoms with Crippen LogP contribution in [-0.4, -0.2) is 27.5 Å². The molecule has 1 fully saturated rings. The number of hydrogen-bond acceptors (Lipinski definition) is 4. The molecule has 128 valence electrons. The molecule has 0 saturated carbocycles. The van der Waals surface area contributed by atoms with Gasteiger partial charge >= 0.3 is 0 Å². The second kappa shape index (κ2) is 7.09. The van der Waals surface area contributed by atoms with Crippen LogP contribution < -0.4 is 10.4 Å². The lowest BCUT2D eigenvalue weighted by molar-refractivity contribution is 0.282. The number of hydrogen-bond donors (Lipinski definition) is 2. The first-order valence-corrected chi connectivity index (χ1v) is 8.65. The van der Waals surface area contributed by atoms with E-state index >= 15 is 0 Å². The fraction of sp³-hybridized carbons (Fsp3) is 0.250. The molecule has 0 amide bonds. The number of nitrogens with one attached hydrogen (secondary N) is 1. The third-order valence-corrected chi connectivity index (χ3v) is 4.68. The summed E-state index contributed by atoms with van der Waals surface area (Å²) in [6.07, 6.45) is 5.80. The van der Waals surface area contributed by atoms with Gasteiger partial charge in [0.1, 0.15) is 0 Å². The first-order chi connectivity index (χ1) is 12.3. The van der Waals surface area contributed by atoms with Crippen molar-refractivity contribution < 1.29 is 5.11 Å². The van der Waals surface area contributed by atoms with Crippen molar-refractivity contribution in [3.8, 4) is 5.69 Å². The molecular formula is C20H22N4O. The molecule has 1 aliphatic heterocycles. The molecule has 3 aromatic rings. The quantitative estimate of drug-likeness (QED) is 0.753. The van der Waals surface area contributed by atoms with Gasteiger partial charge in [-0.05, 0) is 42.7 Å². The van der Waals surface area contributed by atoms with Crippen LogP contribution in [0.4, 0.5) is 5.69 Å². The molecule has 2 heterocycles. The molecule has 1 aromatic heterocycles. The number of benzene rings is 2. The Kier molecular flexibility index (Phi) is 4.50. The second-order valence-corrected chi connectivity index (χ2v) is 6.37. The van der Waals surface area contributed by atoms with E-state index in [9.17, 15) is 5.11 Å². The van der Waals surface area contributed by atoms with Crippen LogP contribution in [0.3, 0.4) is 0 Å². The third-order valence-electron chi connectivity index (χ3n) is 4.68. The first kappa shape index (κ1) is 15.9. The van der Waals surface area contributed by atoms with Gasteiger partial charge in [-0.25, -0.2) is 10.1 Å². The molecule has 2 aromatic carbocycles. The summed E-state index contributed by atoms with van der Waals surface area (Å²) in [5.41, 5.74) is 7.99. The highest BCUT2D eigenvalue weighted by Gasteiger charge is 2.23. The number of aromatic nitrogens is 2. The van der Waals surface area contributed by atoms with E-state index in [4.69, 9.17) is 0 Å². The summed E-state index contributed by atoms with van der Waals surface area (Å²) < 4.78 is 1.87. The average molecular weight is 334 g/mol. The monoisotopic (exact) mass is 334 g/mol.